The molecule has 0 spiro atoms. The number of aliphatic hydroxyl groups is 1. The number of rotatable bonds is 8. The number of halogens is 5. The molecule has 4 aromatic rings. The molecule has 0 radical (unpaired) electrons. The van der Waals surface area contributed by atoms with E-state index in [-0.39, 0.29) is 22.3 Å². The van der Waals surface area contributed by atoms with E-state index in [1.807, 2.05) is 0 Å². The maximum atomic E-state index is 14.9. The molecule has 3 aromatic heterocycles. The van der Waals surface area contributed by atoms with Gasteiger partial charge in [0.15, 0.2) is 17.1 Å². The fourth-order valence-electron chi connectivity index (χ4n) is 3.92. The largest absolute Gasteiger partial charge is 0.488 e. The van der Waals surface area contributed by atoms with E-state index in [0.29, 0.717) is 11.8 Å². The van der Waals surface area contributed by atoms with Crippen LogP contribution >= 0.6 is 0 Å². The van der Waals surface area contributed by atoms with Gasteiger partial charge in [-0.1, -0.05) is 0 Å². The smallest absolute Gasteiger partial charge is 0.425 e. The zero-order valence-electron chi connectivity index (χ0n) is 21.3. The molecule has 1 aromatic carbocycles. The first-order valence-electron chi connectivity index (χ1n) is 11.8. The maximum Gasteiger partial charge on any atom is 0.425 e. The quantitative estimate of drug-likeness (QED) is 0.310. The number of nitrogens with zero attached hydrogens (tertiary/aromatic N) is 5. The molecule has 0 fully saturated rings. The lowest BCUT2D eigenvalue weighted by atomic mass is 10.0. The third kappa shape index (κ3) is 6.14. The molecule has 10 nitrogen and oxygen atoms in total. The van der Waals surface area contributed by atoms with Crippen LogP contribution in [0.3, 0.4) is 0 Å². The zero-order chi connectivity index (χ0) is 29.4. The molecule has 0 aliphatic heterocycles. The van der Waals surface area contributed by atoms with Gasteiger partial charge >= 0.3 is 6.18 Å². The van der Waals surface area contributed by atoms with Gasteiger partial charge < -0.3 is 9.84 Å². The number of ether oxygens (including phenoxy) is 1. The summed E-state index contributed by atoms with van der Waals surface area (Å²) in [4.78, 5) is 36.7. The lowest BCUT2D eigenvalue weighted by molar-refractivity contribution is -0.140. The molecule has 0 saturated carbocycles. The van der Waals surface area contributed by atoms with E-state index in [1.54, 1.807) is 18.9 Å². The SMILES string of the molecule is C[C@@H](C[C@H](F)Cn1cnc2cc(-c3ncc(C(C)(C)O)cn3)c(F)cc2c1=O)Oc1cn[nH]c(=O)c1C(F)(F)F. The molecule has 0 saturated heterocycles. The van der Waals surface area contributed by atoms with Crippen LogP contribution in [0.1, 0.15) is 38.3 Å². The van der Waals surface area contributed by atoms with Gasteiger partial charge in [-0.2, -0.15) is 18.3 Å². The van der Waals surface area contributed by atoms with Crippen molar-refractivity contribution >= 4 is 10.9 Å². The number of H-pyrrole nitrogens is 1. The summed E-state index contributed by atoms with van der Waals surface area (Å²) < 4.78 is 75.4. The Balaban J connectivity index is 1.51. The Morgan fingerprint density at radius 1 is 1.10 bits per heavy atom. The van der Waals surface area contributed by atoms with Crippen LogP contribution in [-0.4, -0.2) is 47.1 Å². The summed E-state index contributed by atoms with van der Waals surface area (Å²) in [5, 5.41) is 14.9. The minimum atomic E-state index is -5.02. The van der Waals surface area contributed by atoms with Gasteiger partial charge in [0.2, 0.25) is 0 Å². The lowest BCUT2D eigenvalue weighted by Gasteiger charge is -2.19. The van der Waals surface area contributed by atoms with Gasteiger partial charge in [0, 0.05) is 24.4 Å². The van der Waals surface area contributed by atoms with Crippen molar-refractivity contribution in [3.05, 3.63) is 74.7 Å². The van der Waals surface area contributed by atoms with Crippen LogP contribution in [0.25, 0.3) is 22.3 Å². The summed E-state index contributed by atoms with van der Waals surface area (Å²) in [5.41, 5.74) is -4.58. The second-order valence-corrected chi connectivity index (χ2v) is 9.60. The monoisotopic (exact) mass is 566 g/mol. The Labute approximate surface area is 222 Å². The van der Waals surface area contributed by atoms with Crippen LogP contribution in [0.4, 0.5) is 22.0 Å². The first kappa shape index (κ1) is 28.7. The van der Waals surface area contributed by atoms with Gasteiger partial charge in [-0.25, -0.2) is 28.8 Å². The first-order valence-corrected chi connectivity index (χ1v) is 11.8. The normalized spacial score (nSPS) is 13.8. The topological polar surface area (TPSA) is 136 Å². The van der Waals surface area contributed by atoms with Crippen molar-refractivity contribution in [3.63, 3.8) is 0 Å². The third-order valence-corrected chi connectivity index (χ3v) is 5.93. The third-order valence-electron chi connectivity index (χ3n) is 5.93. The number of hydrogen-bond acceptors (Lipinski definition) is 8. The molecule has 0 aliphatic rings. The Bertz CT molecular complexity index is 1650. The number of hydrogen-bond donors (Lipinski definition) is 2. The molecular weight excluding hydrogens is 543 g/mol. The molecule has 0 amide bonds. The molecule has 3 heterocycles. The number of benzene rings is 1. The average Bonchev–Trinajstić information content (AvgIpc) is 2.84. The van der Waals surface area contributed by atoms with Gasteiger partial charge in [0.1, 0.15) is 12.0 Å². The van der Waals surface area contributed by atoms with Crippen molar-refractivity contribution in [3.8, 4) is 17.1 Å². The highest BCUT2D eigenvalue weighted by atomic mass is 19.4. The van der Waals surface area contributed by atoms with E-state index >= 15 is 0 Å². The highest BCUT2D eigenvalue weighted by Crippen LogP contribution is 2.33. The Kier molecular flexibility index (Phi) is 7.70. The van der Waals surface area contributed by atoms with Crippen LogP contribution in [0.15, 0.2) is 46.6 Å². The van der Waals surface area contributed by atoms with E-state index in [9.17, 15) is 36.6 Å². The van der Waals surface area contributed by atoms with Gasteiger partial charge in [-0.05, 0) is 32.9 Å². The molecule has 0 unspecified atom stereocenters. The Hall–Kier alpha value is -4.27. The summed E-state index contributed by atoms with van der Waals surface area (Å²) in [6, 6.07) is 2.20. The van der Waals surface area contributed by atoms with E-state index < -0.39 is 65.3 Å². The second kappa shape index (κ2) is 10.7. The molecule has 2 N–H and O–H groups in total. The summed E-state index contributed by atoms with van der Waals surface area (Å²) in [7, 11) is 0. The standard InChI is InChI=1S/C25H23F5N6O4/c1-12(40-19-9-34-35-22(37)20(19)25(28,29)30)4-14(26)10-36-11-33-18-6-15(17(27)5-16(18)23(36)38)21-31-7-13(8-32-21)24(2,3)39/h5-9,11-12,14,39H,4,10H2,1-3H3,(H,35,37)/t12-,14-/m0/s1. The number of nitrogens with one attached hydrogen (secondary N) is 1. The fraction of sp³-hybridized carbons (Fsp3) is 0.360. The van der Waals surface area contributed by atoms with Crippen LogP contribution in [-0.2, 0) is 18.3 Å². The minimum absolute atomic E-state index is 0.000440. The summed E-state index contributed by atoms with van der Waals surface area (Å²) in [6.07, 6.45) is -3.95. The second-order valence-electron chi connectivity index (χ2n) is 9.60. The average molecular weight is 566 g/mol. The minimum Gasteiger partial charge on any atom is -0.488 e. The lowest BCUT2D eigenvalue weighted by Crippen LogP contribution is -2.29. The number of alkyl halides is 4. The van der Waals surface area contributed by atoms with Crippen molar-refractivity contribution < 1.29 is 31.8 Å². The predicted molar refractivity (Wildman–Crippen MR) is 132 cm³/mol. The van der Waals surface area contributed by atoms with Crippen molar-refractivity contribution in [2.24, 2.45) is 0 Å². The van der Waals surface area contributed by atoms with Crippen molar-refractivity contribution in [1.82, 2.24) is 29.7 Å². The van der Waals surface area contributed by atoms with Crippen LogP contribution in [0.2, 0.25) is 0 Å². The summed E-state index contributed by atoms with van der Waals surface area (Å²) in [5.74, 6) is -1.68. The van der Waals surface area contributed by atoms with Gasteiger partial charge in [0.05, 0.1) is 47.2 Å². The predicted octanol–water partition coefficient (Wildman–Crippen LogP) is 3.52. The highest BCUT2D eigenvalue weighted by molar-refractivity contribution is 5.82. The van der Waals surface area contributed by atoms with E-state index in [4.69, 9.17) is 4.74 Å². The van der Waals surface area contributed by atoms with Crippen molar-refractivity contribution in [1.29, 1.82) is 0 Å². The molecule has 0 bridgehead atoms. The Morgan fingerprint density at radius 3 is 2.40 bits per heavy atom. The van der Waals surface area contributed by atoms with Crippen molar-refractivity contribution in [2.45, 2.75) is 57.8 Å². The van der Waals surface area contributed by atoms with E-state index in [2.05, 4.69) is 20.1 Å². The van der Waals surface area contributed by atoms with E-state index in [1.165, 1.54) is 25.4 Å². The highest BCUT2D eigenvalue weighted by Gasteiger charge is 2.38. The summed E-state index contributed by atoms with van der Waals surface area (Å²) >= 11 is 0. The maximum absolute atomic E-state index is 14.9. The molecule has 15 heteroatoms. The van der Waals surface area contributed by atoms with Crippen molar-refractivity contribution in [2.75, 3.05) is 0 Å². The Morgan fingerprint density at radius 2 is 1.77 bits per heavy atom. The van der Waals surface area contributed by atoms with Gasteiger partial charge in [-0.15, -0.1) is 0 Å². The van der Waals surface area contributed by atoms with Gasteiger partial charge in [-0.3, -0.25) is 14.2 Å². The zero-order valence-corrected chi connectivity index (χ0v) is 21.3. The van der Waals surface area contributed by atoms with Crippen LogP contribution < -0.4 is 15.9 Å². The van der Waals surface area contributed by atoms with Gasteiger partial charge in [0.25, 0.3) is 11.1 Å². The van der Waals surface area contributed by atoms with E-state index in [0.717, 1.165) is 17.0 Å². The molecule has 4 rings (SSSR count). The van der Waals surface area contributed by atoms with Crippen LogP contribution in [0, 0.1) is 5.82 Å². The molecule has 2 atom stereocenters. The molecular formula is C25H23F5N6O4. The fourth-order valence-corrected chi connectivity index (χ4v) is 3.92. The summed E-state index contributed by atoms with van der Waals surface area (Å²) in [6.45, 7) is 3.83. The first-order chi connectivity index (χ1) is 18.6. The van der Waals surface area contributed by atoms with Crippen LogP contribution in [0.5, 0.6) is 5.75 Å². The number of fused-ring (bicyclic) bond motifs is 1. The number of aromatic amines is 1. The molecule has 212 valence electrons. The molecule has 0 aliphatic carbocycles. The molecule has 40 heavy (non-hydrogen) atoms. The number of aromatic nitrogens is 6.